The van der Waals surface area contributed by atoms with Crippen LogP contribution in [0.4, 0.5) is 17.3 Å². The predicted molar refractivity (Wildman–Crippen MR) is 109 cm³/mol. The Balaban J connectivity index is 1.61. The summed E-state index contributed by atoms with van der Waals surface area (Å²) in [6.07, 6.45) is 6.31. The maximum Gasteiger partial charge on any atom is 0.135 e. The molecule has 0 aliphatic rings. The van der Waals surface area contributed by atoms with E-state index in [9.17, 15) is 0 Å². The molecule has 3 rings (SSSR count). The zero-order valence-electron chi connectivity index (χ0n) is 16.0. The van der Waals surface area contributed by atoms with Gasteiger partial charge in [0.25, 0.3) is 0 Å². The standard InChI is InChI=1S/C21H25N5O/c1-16(2)27-19-6-4-18(5-7-19)25-20-14-21(24-15-23-20)26(3)13-10-17-8-11-22-12-9-17/h4-9,11-12,14-16H,10,13H2,1-3H3,(H,23,24,25). The van der Waals surface area contributed by atoms with Crippen LogP contribution in [-0.4, -0.2) is 34.6 Å². The van der Waals surface area contributed by atoms with Gasteiger partial charge < -0.3 is 15.0 Å². The number of aromatic nitrogens is 3. The molecule has 0 saturated carbocycles. The smallest absolute Gasteiger partial charge is 0.135 e. The predicted octanol–water partition coefficient (Wildman–Crippen LogP) is 4.08. The highest BCUT2D eigenvalue weighted by atomic mass is 16.5. The molecule has 0 fully saturated rings. The fourth-order valence-corrected chi connectivity index (χ4v) is 2.62. The monoisotopic (exact) mass is 363 g/mol. The summed E-state index contributed by atoms with van der Waals surface area (Å²) in [6.45, 7) is 4.89. The lowest BCUT2D eigenvalue weighted by Gasteiger charge is -2.18. The minimum atomic E-state index is 0.163. The van der Waals surface area contributed by atoms with Crippen molar-refractivity contribution >= 4 is 17.3 Å². The molecule has 0 saturated heterocycles. The summed E-state index contributed by atoms with van der Waals surface area (Å²) in [7, 11) is 2.03. The van der Waals surface area contributed by atoms with Crippen molar-refractivity contribution in [3.05, 3.63) is 66.7 Å². The third-order valence-electron chi connectivity index (χ3n) is 4.03. The summed E-state index contributed by atoms with van der Waals surface area (Å²) >= 11 is 0. The molecule has 0 aliphatic carbocycles. The molecular weight excluding hydrogens is 338 g/mol. The Morgan fingerprint density at radius 2 is 1.78 bits per heavy atom. The lowest BCUT2D eigenvalue weighted by Crippen LogP contribution is -2.21. The van der Waals surface area contributed by atoms with Gasteiger partial charge in [0.2, 0.25) is 0 Å². The molecule has 2 heterocycles. The summed E-state index contributed by atoms with van der Waals surface area (Å²) in [6, 6.07) is 13.9. The number of ether oxygens (including phenoxy) is 1. The van der Waals surface area contributed by atoms with E-state index in [1.165, 1.54) is 5.56 Å². The number of anilines is 3. The maximum absolute atomic E-state index is 5.67. The van der Waals surface area contributed by atoms with Crippen LogP contribution in [0.25, 0.3) is 0 Å². The number of hydrogen-bond acceptors (Lipinski definition) is 6. The van der Waals surface area contributed by atoms with Crippen molar-refractivity contribution in [1.82, 2.24) is 15.0 Å². The van der Waals surface area contributed by atoms with Crippen molar-refractivity contribution in [3.8, 4) is 5.75 Å². The van der Waals surface area contributed by atoms with E-state index in [4.69, 9.17) is 4.74 Å². The van der Waals surface area contributed by atoms with Gasteiger partial charge in [-0.2, -0.15) is 0 Å². The van der Waals surface area contributed by atoms with E-state index < -0.39 is 0 Å². The van der Waals surface area contributed by atoms with Crippen molar-refractivity contribution in [2.45, 2.75) is 26.4 Å². The van der Waals surface area contributed by atoms with Crippen molar-refractivity contribution < 1.29 is 4.74 Å². The SMILES string of the molecule is CC(C)Oc1ccc(Nc2cc(N(C)CCc3ccncc3)ncn2)cc1. The van der Waals surface area contributed by atoms with Gasteiger partial charge in [0.05, 0.1) is 6.10 Å². The van der Waals surface area contributed by atoms with Crippen LogP contribution in [0.1, 0.15) is 19.4 Å². The summed E-state index contributed by atoms with van der Waals surface area (Å²) in [5.74, 6) is 2.49. The van der Waals surface area contributed by atoms with E-state index in [0.29, 0.717) is 0 Å². The molecule has 0 atom stereocenters. The van der Waals surface area contributed by atoms with Crippen LogP contribution in [0, 0.1) is 0 Å². The number of rotatable bonds is 8. The maximum atomic E-state index is 5.67. The van der Waals surface area contributed by atoms with E-state index >= 15 is 0 Å². The molecule has 27 heavy (non-hydrogen) atoms. The number of benzene rings is 1. The highest BCUT2D eigenvalue weighted by molar-refractivity contribution is 5.59. The molecule has 6 heteroatoms. The normalized spacial score (nSPS) is 10.7. The highest BCUT2D eigenvalue weighted by Crippen LogP contribution is 2.21. The second-order valence-corrected chi connectivity index (χ2v) is 6.60. The summed E-state index contributed by atoms with van der Waals surface area (Å²) in [4.78, 5) is 14.9. The molecule has 140 valence electrons. The molecule has 0 bridgehead atoms. The second kappa shape index (κ2) is 8.98. The van der Waals surface area contributed by atoms with Gasteiger partial charge >= 0.3 is 0 Å². The van der Waals surface area contributed by atoms with Crippen molar-refractivity contribution in [1.29, 1.82) is 0 Å². The molecule has 1 N–H and O–H groups in total. The van der Waals surface area contributed by atoms with Gasteiger partial charge in [-0.1, -0.05) is 0 Å². The Kier molecular flexibility index (Phi) is 6.20. The van der Waals surface area contributed by atoms with Gasteiger partial charge in [0.15, 0.2) is 0 Å². The van der Waals surface area contributed by atoms with Crippen LogP contribution >= 0.6 is 0 Å². The number of likely N-dealkylation sites (N-methyl/N-ethyl adjacent to an activating group) is 1. The van der Waals surface area contributed by atoms with Gasteiger partial charge in [0, 0.05) is 37.7 Å². The molecule has 0 radical (unpaired) electrons. The molecule has 0 spiro atoms. The average Bonchev–Trinajstić information content (AvgIpc) is 2.68. The number of hydrogen-bond donors (Lipinski definition) is 1. The van der Waals surface area contributed by atoms with Gasteiger partial charge in [0.1, 0.15) is 23.7 Å². The minimum Gasteiger partial charge on any atom is -0.491 e. The zero-order chi connectivity index (χ0) is 19.1. The van der Waals surface area contributed by atoms with E-state index in [1.807, 2.05) is 75.8 Å². The number of pyridine rings is 1. The molecule has 1 aromatic carbocycles. The Morgan fingerprint density at radius 3 is 2.48 bits per heavy atom. The van der Waals surface area contributed by atoms with Gasteiger partial charge in [-0.15, -0.1) is 0 Å². The van der Waals surface area contributed by atoms with Crippen molar-refractivity contribution in [2.24, 2.45) is 0 Å². The van der Waals surface area contributed by atoms with E-state index in [2.05, 4.69) is 25.2 Å². The first kappa shape index (κ1) is 18.6. The third-order valence-corrected chi connectivity index (χ3v) is 4.03. The molecule has 0 unspecified atom stereocenters. The molecule has 2 aromatic heterocycles. The van der Waals surface area contributed by atoms with Gasteiger partial charge in [-0.05, 0) is 62.2 Å². The molecule has 0 aliphatic heterocycles. The highest BCUT2D eigenvalue weighted by Gasteiger charge is 2.06. The Morgan fingerprint density at radius 1 is 1.04 bits per heavy atom. The minimum absolute atomic E-state index is 0.163. The first-order valence-electron chi connectivity index (χ1n) is 9.06. The van der Waals surface area contributed by atoms with E-state index in [-0.39, 0.29) is 6.10 Å². The molecular formula is C21H25N5O. The van der Waals surface area contributed by atoms with Crippen LogP contribution in [0.5, 0.6) is 5.75 Å². The Labute approximate surface area is 160 Å². The fraction of sp³-hybridized carbons (Fsp3) is 0.286. The van der Waals surface area contributed by atoms with Crippen LogP contribution in [-0.2, 0) is 6.42 Å². The number of nitrogens with one attached hydrogen (secondary N) is 1. The topological polar surface area (TPSA) is 63.2 Å². The van der Waals surface area contributed by atoms with Crippen LogP contribution in [0.3, 0.4) is 0 Å². The fourth-order valence-electron chi connectivity index (χ4n) is 2.62. The quantitative estimate of drug-likeness (QED) is 0.651. The summed E-state index contributed by atoms with van der Waals surface area (Å²) in [5, 5.41) is 3.31. The lowest BCUT2D eigenvalue weighted by atomic mass is 10.2. The largest absolute Gasteiger partial charge is 0.491 e. The second-order valence-electron chi connectivity index (χ2n) is 6.60. The lowest BCUT2D eigenvalue weighted by molar-refractivity contribution is 0.242. The van der Waals surface area contributed by atoms with Crippen molar-refractivity contribution in [3.63, 3.8) is 0 Å². The molecule has 3 aromatic rings. The number of nitrogens with zero attached hydrogens (tertiary/aromatic N) is 4. The van der Waals surface area contributed by atoms with Gasteiger partial charge in [-0.3, -0.25) is 4.98 Å². The van der Waals surface area contributed by atoms with Crippen molar-refractivity contribution in [2.75, 3.05) is 23.8 Å². The molecule has 6 nitrogen and oxygen atoms in total. The first-order valence-corrected chi connectivity index (χ1v) is 9.06. The first-order chi connectivity index (χ1) is 13.1. The third kappa shape index (κ3) is 5.67. The molecule has 0 amide bonds. The zero-order valence-corrected chi connectivity index (χ0v) is 16.0. The van der Waals surface area contributed by atoms with Crippen LogP contribution < -0.4 is 15.0 Å². The summed E-state index contributed by atoms with van der Waals surface area (Å²) in [5.41, 5.74) is 2.21. The van der Waals surface area contributed by atoms with E-state index in [0.717, 1.165) is 36.0 Å². The van der Waals surface area contributed by atoms with E-state index in [1.54, 1.807) is 6.33 Å². The Bertz CT molecular complexity index is 837. The summed E-state index contributed by atoms with van der Waals surface area (Å²) < 4.78 is 5.67. The average molecular weight is 363 g/mol. The van der Waals surface area contributed by atoms with Gasteiger partial charge in [-0.25, -0.2) is 9.97 Å². The Hall–Kier alpha value is -3.15. The van der Waals surface area contributed by atoms with Crippen LogP contribution in [0.2, 0.25) is 0 Å². The van der Waals surface area contributed by atoms with Crippen LogP contribution in [0.15, 0.2) is 61.2 Å².